The van der Waals surface area contributed by atoms with E-state index < -0.39 is 9.84 Å². The predicted molar refractivity (Wildman–Crippen MR) is 134 cm³/mol. The molecule has 2 aromatic heterocycles. The molecule has 0 saturated heterocycles. The molecule has 0 aliphatic heterocycles. The SMILES string of the molecule is Cc1ccc(-n2c(C)cc(-c3csc(NC(=O)c4ccc(CS(C)(=O)=O)cc4)n3)c2C)cc1. The van der Waals surface area contributed by atoms with Gasteiger partial charge in [-0.15, -0.1) is 11.3 Å². The molecular formula is C25H25N3O3S2. The van der Waals surface area contributed by atoms with Crippen LogP contribution in [0.25, 0.3) is 16.9 Å². The van der Waals surface area contributed by atoms with Crippen LogP contribution in [-0.4, -0.2) is 30.1 Å². The minimum Gasteiger partial charge on any atom is -0.318 e. The number of aryl methyl sites for hydroxylation is 2. The van der Waals surface area contributed by atoms with Gasteiger partial charge in [0.25, 0.3) is 5.91 Å². The van der Waals surface area contributed by atoms with Crippen molar-refractivity contribution in [2.75, 3.05) is 11.6 Å². The number of rotatable bonds is 6. The van der Waals surface area contributed by atoms with Crippen molar-refractivity contribution < 1.29 is 13.2 Å². The summed E-state index contributed by atoms with van der Waals surface area (Å²) in [5.74, 6) is -0.335. The second-order valence-corrected chi connectivity index (χ2v) is 11.2. The molecule has 170 valence electrons. The molecule has 1 N–H and O–H groups in total. The Morgan fingerprint density at radius 1 is 1.03 bits per heavy atom. The third-order valence-electron chi connectivity index (χ3n) is 5.37. The smallest absolute Gasteiger partial charge is 0.257 e. The van der Waals surface area contributed by atoms with E-state index in [0.29, 0.717) is 16.3 Å². The van der Waals surface area contributed by atoms with Gasteiger partial charge in [0.15, 0.2) is 15.0 Å². The van der Waals surface area contributed by atoms with Gasteiger partial charge in [-0.05, 0) is 56.7 Å². The summed E-state index contributed by atoms with van der Waals surface area (Å²) in [6, 6.07) is 17.1. The van der Waals surface area contributed by atoms with E-state index in [2.05, 4.69) is 66.0 Å². The van der Waals surface area contributed by atoms with Crippen LogP contribution in [0.1, 0.15) is 32.9 Å². The topological polar surface area (TPSA) is 81.1 Å². The van der Waals surface area contributed by atoms with Crippen LogP contribution < -0.4 is 5.32 Å². The number of nitrogens with one attached hydrogen (secondary N) is 1. The number of aromatic nitrogens is 2. The van der Waals surface area contributed by atoms with Gasteiger partial charge in [-0.3, -0.25) is 10.1 Å². The second-order valence-electron chi connectivity index (χ2n) is 8.21. The summed E-state index contributed by atoms with van der Waals surface area (Å²) in [7, 11) is -3.12. The summed E-state index contributed by atoms with van der Waals surface area (Å²) in [5, 5.41) is 5.28. The van der Waals surface area contributed by atoms with Crippen molar-refractivity contribution in [3.63, 3.8) is 0 Å². The molecule has 8 heteroatoms. The predicted octanol–water partition coefficient (Wildman–Crippen LogP) is 5.32. The molecule has 1 amide bonds. The van der Waals surface area contributed by atoms with E-state index in [-0.39, 0.29) is 11.7 Å². The van der Waals surface area contributed by atoms with Crippen molar-refractivity contribution in [1.82, 2.24) is 9.55 Å². The summed E-state index contributed by atoms with van der Waals surface area (Å²) >= 11 is 1.37. The molecule has 0 bridgehead atoms. The lowest BCUT2D eigenvalue weighted by atomic mass is 10.1. The maximum Gasteiger partial charge on any atom is 0.257 e. The minimum absolute atomic E-state index is 0.0499. The fourth-order valence-corrected chi connectivity index (χ4v) is 5.30. The van der Waals surface area contributed by atoms with Gasteiger partial charge in [-0.1, -0.05) is 29.8 Å². The maximum absolute atomic E-state index is 12.6. The highest BCUT2D eigenvalue weighted by Crippen LogP contribution is 2.32. The number of sulfone groups is 1. The Labute approximate surface area is 197 Å². The molecule has 0 aliphatic carbocycles. The average Bonchev–Trinajstić information content (AvgIpc) is 3.32. The summed E-state index contributed by atoms with van der Waals surface area (Å²) in [4.78, 5) is 17.3. The molecule has 33 heavy (non-hydrogen) atoms. The largest absolute Gasteiger partial charge is 0.318 e. The molecule has 6 nitrogen and oxygen atoms in total. The maximum atomic E-state index is 12.6. The number of amides is 1. The Balaban J connectivity index is 1.52. The van der Waals surface area contributed by atoms with Crippen molar-refractivity contribution in [2.45, 2.75) is 26.5 Å². The van der Waals surface area contributed by atoms with E-state index in [1.165, 1.54) is 23.2 Å². The lowest BCUT2D eigenvalue weighted by Crippen LogP contribution is -2.12. The molecule has 0 unspecified atom stereocenters. The third-order valence-corrected chi connectivity index (χ3v) is 6.98. The third kappa shape index (κ3) is 5.23. The van der Waals surface area contributed by atoms with Gasteiger partial charge < -0.3 is 4.57 Å². The number of nitrogens with zero attached hydrogens (tertiary/aromatic N) is 2. The highest BCUT2D eigenvalue weighted by molar-refractivity contribution is 7.89. The van der Waals surface area contributed by atoms with E-state index in [4.69, 9.17) is 0 Å². The quantitative estimate of drug-likeness (QED) is 0.406. The summed E-state index contributed by atoms with van der Waals surface area (Å²) < 4.78 is 25.1. The van der Waals surface area contributed by atoms with E-state index in [9.17, 15) is 13.2 Å². The van der Waals surface area contributed by atoms with Gasteiger partial charge in [-0.25, -0.2) is 13.4 Å². The zero-order valence-electron chi connectivity index (χ0n) is 18.9. The Bertz CT molecular complexity index is 1410. The molecular weight excluding hydrogens is 454 g/mol. The normalized spacial score (nSPS) is 11.5. The molecule has 0 fully saturated rings. The molecule has 0 spiro atoms. The molecule has 0 atom stereocenters. The van der Waals surface area contributed by atoms with Crippen molar-refractivity contribution in [2.24, 2.45) is 0 Å². The molecule has 4 aromatic rings. The zero-order valence-corrected chi connectivity index (χ0v) is 20.5. The molecule has 4 rings (SSSR count). The first kappa shape index (κ1) is 22.9. The van der Waals surface area contributed by atoms with E-state index in [1.807, 2.05) is 5.38 Å². The second kappa shape index (κ2) is 8.96. The number of benzene rings is 2. The number of carbonyl (C=O) groups is 1. The highest BCUT2D eigenvalue weighted by atomic mass is 32.2. The van der Waals surface area contributed by atoms with Crippen LogP contribution in [0.4, 0.5) is 5.13 Å². The average molecular weight is 480 g/mol. The van der Waals surface area contributed by atoms with E-state index >= 15 is 0 Å². The molecule has 0 saturated carbocycles. The number of carbonyl (C=O) groups excluding carboxylic acids is 1. The fraction of sp³-hybridized carbons (Fsp3) is 0.200. The molecule has 2 aromatic carbocycles. The number of anilines is 1. The van der Waals surface area contributed by atoms with Crippen molar-refractivity contribution in [3.8, 4) is 16.9 Å². The van der Waals surface area contributed by atoms with Gasteiger partial charge in [-0.2, -0.15) is 0 Å². The molecule has 0 radical (unpaired) electrons. The van der Waals surface area contributed by atoms with Crippen molar-refractivity contribution in [1.29, 1.82) is 0 Å². The first-order valence-electron chi connectivity index (χ1n) is 10.4. The Kier molecular flexibility index (Phi) is 6.23. The van der Waals surface area contributed by atoms with Gasteiger partial charge in [0.2, 0.25) is 0 Å². The lowest BCUT2D eigenvalue weighted by molar-refractivity contribution is 0.102. The Hall–Kier alpha value is -3.23. The monoisotopic (exact) mass is 479 g/mol. The fourth-order valence-electron chi connectivity index (χ4n) is 3.79. The van der Waals surface area contributed by atoms with Gasteiger partial charge in [0.1, 0.15) is 0 Å². The van der Waals surface area contributed by atoms with Crippen LogP contribution in [0.5, 0.6) is 0 Å². The van der Waals surface area contributed by atoms with Crippen LogP contribution in [-0.2, 0) is 15.6 Å². The van der Waals surface area contributed by atoms with Crippen LogP contribution in [0.3, 0.4) is 0 Å². The molecule has 2 heterocycles. The molecule has 0 aliphatic rings. The lowest BCUT2D eigenvalue weighted by Gasteiger charge is -2.10. The zero-order chi connectivity index (χ0) is 23.8. The Morgan fingerprint density at radius 2 is 1.70 bits per heavy atom. The van der Waals surface area contributed by atoms with Gasteiger partial charge in [0, 0.05) is 39.8 Å². The summed E-state index contributed by atoms with van der Waals surface area (Å²) in [6.07, 6.45) is 1.19. The Morgan fingerprint density at radius 3 is 2.33 bits per heavy atom. The van der Waals surface area contributed by atoms with Crippen LogP contribution in [0.2, 0.25) is 0 Å². The summed E-state index contributed by atoms with van der Waals surface area (Å²) in [6.45, 7) is 6.20. The highest BCUT2D eigenvalue weighted by Gasteiger charge is 2.16. The first-order valence-corrected chi connectivity index (χ1v) is 13.3. The van der Waals surface area contributed by atoms with Gasteiger partial charge >= 0.3 is 0 Å². The van der Waals surface area contributed by atoms with Crippen LogP contribution in [0.15, 0.2) is 60.0 Å². The van der Waals surface area contributed by atoms with Gasteiger partial charge in [0.05, 0.1) is 11.4 Å². The van der Waals surface area contributed by atoms with E-state index in [1.54, 1.807) is 24.3 Å². The van der Waals surface area contributed by atoms with E-state index in [0.717, 1.165) is 28.3 Å². The number of hydrogen-bond acceptors (Lipinski definition) is 5. The minimum atomic E-state index is -3.12. The van der Waals surface area contributed by atoms with Crippen molar-refractivity contribution in [3.05, 3.63) is 88.1 Å². The number of hydrogen-bond donors (Lipinski definition) is 1. The van der Waals surface area contributed by atoms with Crippen molar-refractivity contribution >= 4 is 32.2 Å². The summed E-state index contributed by atoms with van der Waals surface area (Å²) in [5.41, 5.74) is 7.44. The van der Waals surface area contributed by atoms with Crippen LogP contribution >= 0.6 is 11.3 Å². The number of thiazole rings is 1. The van der Waals surface area contributed by atoms with Crippen LogP contribution in [0, 0.1) is 20.8 Å². The standard InChI is InChI=1S/C25H25N3O3S2/c1-16-5-11-21(12-6-16)28-17(2)13-22(18(28)3)23-14-32-25(26-23)27-24(29)20-9-7-19(8-10-20)15-33(4,30)31/h5-14H,15H2,1-4H3,(H,26,27,29). The first-order chi connectivity index (χ1) is 15.6.